The van der Waals surface area contributed by atoms with Crippen molar-refractivity contribution in [2.45, 2.75) is 39.4 Å². The summed E-state index contributed by atoms with van der Waals surface area (Å²) in [7, 11) is -1.34. The molecule has 5 heteroatoms. The van der Waals surface area contributed by atoms with E-state index in [9.17, 15) is 4.79 Å². The Hall–Kier alpha value is -0.836. The molecule has 0 aromatic carbocycles. The maximum absolute atomic E-state index is 11.1. The van der Waals surface area contributed by atoms with E-state index in [1.54, 1.807) is 6.92 Å². The molecule has 0 spiro atoms. The molecule has 0 rings (SSSR count). The normalized spacial score (nSPS) is 10.4. The Morgan fingerprint density at radius 2 is 2.12 bits per heavy atom. The highest BCUT2D eigenvalue weighted by atomic mass is 28.4. The van der Waals surface area contributed by atoms with Crippen molar-refractivity contribution in [3.8, 4) is 11.5 Å². The average molecular weight is 268 g/mol. The standard InChI is InChI=1S/C12H20O3Si2/c1-6-10-17(4,5)15-16-9-7-8-14-12(13)11(2)3/h2,7-9H2,1,3-5H3. The van der Waals surface area contributed by atoms with Gasteiger partial charge in [-0.05, 0) is 39.4 Å². The van der Waals surface area contributed by atoms with Crippen LogP contribution in [-0.4, -0.2) is 30.7 Å². The molecule has 0 atom stereocenters. The van der Waals surface area contributed by atoms with Crippen LogP contribution in [0, 0.1) is 11.5 Å². The van der Waals surface area contributed by atoms with Crippen LogP contribution in [-0.2, 0) is 13.6 Å². The largest absolute Gasteiger partial charge is 0.462 e. The van der Waals surface area contributed by atoms with Crippen LogP contribution in [0.15, 0.2) is 12.2 Å². The Morgan fingerprint density at radius 1 is 1.47 bits per heavy atom. The van der Waals surface area contributed by atoms with Crippen molar-refractivity contribution in [1.29, 1.82) is 0 Å². The molecule has 94 valence electrons. The van der Waals surface area contributed by atoms with Gasteiger partial charge < -0.3 is 8.85 Å². The van der Waals surface area contributed by atoms with Crippen molar-refractivity contribution in [2.24, 2.45) is 0 Å². The summed E-state index contributed by atoms with van der Waals surface area (Å²) >= 11 is 0. The number of esters is 1. The monoisotopic (exact) mass is 268 g/mol. The maximum Gasteiger partial charge on any atom is 0.333 e. The smallest absolute Gasteiger partial charge is 0.333 e. The van der Waals surface area contributed by atoms with Crippen molar-refractivity contribution in [1.82, 2.24) is 0 Å². The lowest BCUT2D eigenvalue weighted by Crippen LogP contribution is -2.30. The Balaban J connectivity index is 3.56. The highest BCUT2D eigenvalue weighted by Crippen LogP contribution is 2.03. The Kier molecular flexibility index (Phi) is 7.88. The molecule has 0 fully saturated rings. The minimum Gasteiger partial charge on any atom is -0.462 e. The second-order valence-electron chi connectivity index (χ2n) is 4.15. The van der Waals surface area contributed by atoms with Gasteiger partial charge >= 0.3 is 5.97 Å². The van der Waals surface area contributed by atoms with Crippen LogP contribution >= 0.6 is 0 Å². The van der Waals surface area contributed by atoms with E-state index in [2.05, 4.69) is 31.1 Å². The number of carbonyl (C=O) groups is 1. The lowest BCUT2D eigenvalue weighted by Gasteiger charge is -2.15. The van der Waals surface area contributed by atoms with E-state index in [0.717, 1.165) is 12.5 Å². The lowest BCUT2D eigenvalue weighted by atomic mass is 10.4. The molecule has 0 aliphatic carbocycles. The Labute approximate surface area is 108 Å². The number of hydrogen-bond acceptors (Lipinski definition) is 3. The second-order valence-corrected chi connectivity index (χ2v) is 9.03. The third-order valence-corrected chi connectivity index (χ3v) is 5.79. The first-order chi connectivity index (χ1) is 7.89. The highest BCUT2D eigenvalue weighted by Gasteiger charge is 2.18. The summed E-state index contributed by atoms with van der Waals surface area (Å²) < 4.78 is 10.7. The van der Waals surface area contributed by atoms with Crippen molar-refractivity contribution >= 4 is 24.0 Å². The second kappa shape index (κ2) is 8.28. The van der Waals surface area contributed by atoms with Gasteiger partial charge in [0.15, 0.2) is 0 Å². The predicted molar refractivity (Wildman–Crippen MR) is 73.0 cm³/mol. The fourth-order valence-corrected chi connectivity index (χ4v) is 3.94. The van der Waals surface area contributed by atoms with Crippen LogP contribution < -0.4 is 0 Å². The average Bonchev–Trinajstić information content (AvgIpc) is 2.22. The zero-order valence-electron chi connectivity index (χ0n) is 11.1. The number of hydrogen-bond donors (Lipinski definition) is 0. The van der Waals surface area contributed by atoms with Gasteiger partial charge in [0.1, 0.15) is 0 Å². The third-order valence-electron chi connectivity index (χ3n) is 1.76. The topological polar surface area (TPSA) is 35.5 Å². The van der Waals surface area contributed by atoms with Gasteiger partial charge in [0.05, 0.1) is 6.61 Å². The summed E-state index contributed by atoms with van der Waals surface area (Å²) in [6.07, 6.45) is 0.821. The third kappa shape index (κ3) is 8.92. The summed E-state index contributed by atoms with van der Waals surface area (Å²) in [6, 6.07) is 0.908. The fraction of sp³-hybridized carbons (Fsp3) is 0.583. The van der Waals surface area contributed by atoms with Gasteiger partial charge in [0, 0.05) is 5.57 Å². The van der Waals surface area contributed by atoms with E-state index in [1.165, 1.54) is 0 Å². The summed E-state index contributed by atoms with van der Waals surface area (Å²) in [5, 5.41) is 0. The summed E-state index contributed by atoms with van der Waals surface area (Å²) in [5.74, 6) is 2.58. The molecule has 0 aliphatic heterocycles. The van der Waals surface area contributed by atoms with Gasteiger partial charge in [-0.2, -0.15) is 0 Å². The van der Waals surface area contributed by atoms with Crippen molar-refractivity contribution in [2.75, 3.05) is 6.61 Å². The fourth-order valence-electron chi connectivity index (χ4n) is 0.990. The minimum absolute atomic E-state index is 0.319. The molecule has 0 heterocycles. The molecule has 0 aromatic heterocycles. The van der Waals surface area contributed by atoms with Gasteiger partial charge in [-0.25, -0.2) is 4.79 Å². The van der Waals surface area contributed by atoms with Crippen molar-refractivity contribution < 1.29 is 13.6 Å². The molecule has 0 N–H and O–H groups in total. The van der Waals surface area contributed by atoms with Gasteiger partial charge in [0.25, 0.3) is 8.32 Å². The minimum atomic E-state index is -1.77. The molecule has 17 heavy (non-hydrogen) atoms. The van der Waals surface area contributed by atoms with E-state index < -0.39 is 8.32 Å². The first kappa shape index (κ1) is 16.2. The van der Waals surface area contributed by atoms with Gasteiger partial charge in [-0.1, -0.05) is 12.1 Å². The van der Waals surface area contributed by atoms with Gasteiger partial charge in [-0.3, -0.25) is 0 Å². The van der Waals surface area contributed by atoms with Crippen LogP contribution in [0.1, 0.15) is 20.3 Å². The Bertz CT molecular complexity index is 326. The molecule has 0 aliphatic rings. The molecular formula is C12H20O3Si2. The molecule has 0 saturated carbocycles. The van der Waals surface area contributed by atoms with Gasteiger partial charge in [0.2, 0.25) is 9.76 Å². The van der Waals surface area contributed by atoms with Crippen LogP contribution in [0.5, 0.6) is 0 Å². The van der Waals surface area contributed by atoms with Crippen molar-refractivity contribution in [3.63, 3.8) is 0 Å². The van der Waals surface area contributed by atoms with Crippen LogP contribution in [0.25, 0.3) is 0 Å². The van der Waals surface area contributed by atoms with Crippen LogP contribution in [0.3, 0.4) is 0 Å². The summed E-state index contributed by atoms with van der Waals surface area (Å²) in [5.41, 5.74) is 3.56. The van der Waals surface area contributed by atoms with Crippen LogP contribution in [0.2, 0.25) is 19.1 Å². The first-order valence-electron chi connectivity index (χ1n) is 5.56. The van der Waals surface area contributed by atoms with E-state index in [1.807, 2.05) is 6.92 Å². The molecule has 0 saturated heterocycles. The number of rotatable bonds is 7. The molecule has 0 aromatic rings. The SMILES string of the molecule is C=C(C)C(=O)OCCC[Si]O[Si](C)(C)C#CC. The zero-order valence-corrected chi connectivity index (χ0v) is 13.1. The van der Waals surface area contributed by atoms with E-state index in [-0.39, 0.29) is 5.97 Å². The zero-order chi connectivity index (χ0) is 13.3. The molecule has 3 nitrogen and oxygen atoms in total. The van der Waals surface area contributed by atoms with E-state index >= 15 is 0 Å². The van der Waals surface area contributed by atoms with E-state index in [4.69, 9.17) is 8.85 Å². The Morgan fingerprint density at radius 3 is 2.65 bits per heavy atom. The lowest BCUT2D eigenvalue weighted by molar-refractivity contribution is -0.138. The summed E-state index contributed by atoms with van der Waals surface area (Å²) in [6.45, 7) is 11.6. The molecular weight excluding hydrogens is 248 g/mol. The number of carbonyl (C=O) groups excluding carboxylic acids is 1. The maximum atomic E-state index is 11.1. The number of ether oxygens (including phenoxy) is 1. The molecule has 0 bridgehead atoms. The van der Waals surface area contributed by atoms with Crippen molar-refractivity contribution in [3.05, 3.63) is 12.2 Å². The van der Waals surface area contributed by atoms with Gasteiger partial charge in [-0.15, -0.1) is 5.92 Å². The molecule has 0 amide bonds. The highest BCUT2D eigenvalue weighted by molar-refractivity contribution is 6.82. The van der Waals surface area contributed by atoms with E-state index in [0.29, 0.717) is 21.9 Å². The quantitative estimate of drug-likeness (QED) is 0.234. The molecule has 0 unspecified atom stereocenters. The van der Waals surface area contributed by atoms with Crippen LogP contribution in [0.4, 0.5) is 0 Å². The molecule has 2 radical (unpaired) electrons. The summed E-state index contributed by atoms with van der Waals surface area (Å²) in [4.78, 5) is 11.1. The first-order valence-corrected chi connectivity index (χ1v) is 9.59. The predicted octanol–water partition coefficient (Wildman–Crippen LogP) is 2.32.